The van der Waals surface area contributed by atoms with Crippen LogP contribution in [0.25, 0.3) is 10.8 Å². The van der Waals surface area contributed by atoms with Gasteiger partial charge in [-0.25, -0.2) is 5.10 Å². The molecule has 6 nitrogen and oxygen atoms in total. The first-order chi connectivity index (χ1) is 14.1. The molecular weight excluding hydrogens is 366 g/mol. The van der Waals surface area contributed by atoms with Crippen LogP contribution in [0, 0.1) is 11.8 Å². The number of rotatable bonds is 2. The number of nitrogens with zero attached hydrogens (tertiary/aromatic N) is 2. The molecule has 1 saturated heterocycles. The first-order valence-corrected chi connectivity index (χ1v) is 10.1. The molecule has 2 fully saturated rings. The summed E-state index contributed by atoms with van der Waals surface area (Å²) in [7, 11) is 0. The largest absolute Gasteiger partial charge is 0.385 e. The molecule has 2 heterocycles. The van der Waals surface area contributed by atoms with Crippen molar-refractivity contribution >= 4 is 16.7 Å². The van der Waals surface area contributed by atoms with Gasteiger partial charge in [0.2, 0.25) is 0 Å². The summed E-state index contributed by atoms with van der Waals surface area (Å²) in [6, 6.07) is 16.8. The minimum Gasteiger partial charge on any atom is -0.385 e. The van der Waals surface area contributed by atoms with Gasteiger partial charge in [-0.15, -0.1) is 0 Å². The molecule has 6 heteroatoms. The Hall–Kier alpha value is -2.99. The van der Waals surface area contributed by atoms with Crippen molar-refractivity contribution in [1.29, 1.82) is 0 Å². The van der Waals surface area contributed by atoms with Crippen LogP contribution in [-0.2, 0) is 5.60 Å². The zero-order valence-electron chi connectivity index (χ0n) is 16.0. The standard InChI is InChI=1S/C23H23N3O3/c27-21-18-11-5-4-10-17(18)20(24-25-21)22(28)26-13-15-7-6-12-23(29,19(15)14-26)16-8-2-1-3-9-16/h1-5,8-11,15,19,29H,6-7,12-14H2,(H,25,27)/t15-,19+,23+/m0/s1. The third-order valence-corrected chi connectivity index (χ3v) is 6.65. The first-order valence-electron chi connectivity index (χ1n) is 10.1. The highest BCUT2D eigenvalue weighted by molar-refractivity contribution is 6.04. The number of amides is 1. The van der Waals surface area contributed by atoms with Gasteiger partial charge in [0, 0.05) is 24.4 Å². The van der Waals surface area contributed by atoms with Crippen LogP contribution in [0.5, 0.6) is 0 Å². The predicted molar refractivity (Wildman–Crippen MR) is 109 cm³/mol. The van der Waals surface area contributed by atoms with Gasteiger partial charge in [0.05, 0.1) is 11.0 Å². The maximum absolute atomic E-state index is 13.3. The number of aliphatic hydroxyl groups is 1. The number of benzene rings is 2. The molecule has 1 saturated carbocycles. The number of hydrogen-bond donors (Lipinski definition) is 2. The molecule has 3 aromatic rings. The number of aromatic amines is 1. The molecule has 3 atom stereocenters. The van der Waals surface area contributed by atoms with Crippen molar-refractivity contribution in [2.45, 2.75) is 24.9 Å². The number of fused-ring (bicyclic) bond motifs is 2. The van der Waals surface area contributed by atoms with E-state index in [1.165, 1.54) is 0 Å². The van der Waals surface area contributed by atoms with Crippen molar-refractivity contribution in [3.63, 3.8) is 0 Å². The maximum Gasteiger partial charge on any atom is 0.274 e. The summed E-state index contributed by atoms with van der Waals surface area (Å²) in [5, 5.41) is 19.1. The molecule has 29 heavy (non-hydrogen) atoms. The summed E-state index contributed by atoms with van der Waals surface area (Å²) in [6.07, 6.45) is 2.65. The van der Waals surface area contributed by atoms with Gasteiger partial charge in [-0.3, -0.25) is 9.59 Å². The van der Waals surface area contributed by atoms with E-state index in [9.17, 15) is 14.7 Å². The Morgan fingerprint density at radius 1 is 1.07 bits per heavy atom. The summed E-state index contributed by atoms with van der Waals surface area (Å²) >= 11 is 0. The van der Waals surface area contributed by atoms with Crippen LogP contribution in [0.2, 0.25) is 0 Å². The highest BCUT2D eigenvalue weighted by Gasteiger charge is 2.50. The lowest BCUT2D eigenvalue weighted by Gasteiger charge is -2.41. The molecule has 1 amide bonds. The van der Waals surface area contributed by atoms with E-state index >= 15 is 0 Å². The third-order valence-electron chi connectivity index (χ3n) is 6.65. The molecule has 2 aromatic carbocycles. The van der Waals surface area contributed by atoms with Crippen LogP contribution in [-0.4, -0.2) is 39.2 Å². The Bertz CT molecular complexity index is 1130. The number of carbonyl (C=O) groups excluding carboxylic acids is 1. The monoisotopic (exact) mass is 389 g/mol. The molecule has 5 rings (SSSR count). The van der Waals surface area contributed by atoms with Gasteiger partial charge in [0.25, 0.3) is 11.5 Å². The molecule has 1 aromatic heterocycles. The van der Waals surface area contributed by atoms with Crippen molar-refractivity contribution < 1.29 is 9.90 Å². The van der Waals surface area contributed by atoms with E-state index in [2.05, 4.69) is 10.2 Å². The lowest BCUT2D eigenvalue weighted by atomic mass is 9.67. The fraction of sp³-hybridized carbons (Fsp3) is 0.348. The number of nitrogens with one attached hydrogen (secondary N) is 1. The van der Waals surface area contributed by atoms with E-state index < -0.39 is 5.60 Å². The van der Waals surface area contributed by atoms with Crippen molar-refractivity contribution in [2.24, 2.45) is 11.8 Å². The van der Waals surface area contributed by atoms with Crippen molar-refractivity contribution in [3.05, 3.63) is 76.2 Å². The number of carbonyl (C=O) groups is 1. The molecule has 0 spiro atoms. The number of likely N-dealkylation sites (tertiary alicyclic amines) is 1. The number of hydrogen-bond acceptors (Lipinski definition) is 4. The minimum atomic E-state index is -0.917. The van der Waals surface area contributed by atoms with Crippen molar-refractivity contribution in [1.82, 2.24) is 15.1 Å². The van der Waals surface area contributed by atoms with Gasteiger partial charge in [0.15, 0.2) is 5.69 Å². The van der Waals surface area contributed by atoms with Crippen LogP contribution in [0.3, 0.4) is 0 Å². The second-order valence-electron chi connectivity index (χ2n) is 8.21. The summed E-state index contributed by atoms with van der Waals surface area (Å²) in [5.74, 6) is 0.0609. The van der Waals surface area contributed by atoms with Gasteiger partial charge in [0.1, 0.15) is 0 Å². The van der Waals surface area contributed by atoms with E-state index in [0.29, 0.717) is 30.3 Å². The fourth-order valence-corrected chi connectivity index (χ4v) is 5.20. The van der Waals surface area contributed by atoms with Gasteiger partial charge in [-0.05, 0) is 36.8 Å². The molecular formula is C23H23N3O3. The van der Waals surface area contributed by atoms with E-state index in [4.69, 9.17) is 0 Å². The molecule has 1 aliphatic heterocycles. The zero-order valence-corrected chi connectivity index (χ0v) is 16.0. The Balaban J connectivity index is 1.48. The van der Waals surface area contributed by atoms with Gasteiger partial charge < -0.3 is 10.0 Å². The number of aromatic nitrogens is 2. The second-order valence-corrected chi connectivity index (χ2v) is 8.21. The molecule has 0 unspecified atom stereocenters. The summed E-state index contributed by atoms with van der Waals surface area (Å²) < 4.78 is 0. The Kier molecular flexibility index (Phi) is 4.24. The van der Waals surface area contributed by atoms with E-state index in [1.807, 2.05) is 30.3 Å². The second kappa shape index (κ2) is 6.81. The van der Waals surface area contributed by atoms with Crippen molar-refractivity contribution in [3.8, 4) is 0 Å². The Morgan fingerprint density at radius 2 is 1.79 bits per heavy atom. The zero-order chi connectivity index (χ0) is 20.0. The van der Waals surface area contributed by atoms with E-state index in [-0.39, 0.29) is 29.0 Å². The van der Waals surface area contributed by atoms with Gasteiger partial charge in [-0.2, -0.15) is 5.10 Å². The normalized spacial score (nSPS) is 26.4. The summed E-state index contributed by atoms with van der Waals surface area (Å²) in [6.45, 7) is 1.10. The third kappa shape index (κ3) is 2.86. The van der Waals surface area contributed by atoms with Crippen LogP contribution >= 0.6 is 0 Å². The average Bonchev–Trinajstić information content (AvgIpc) is 3.21. The molecule has 148 valence electrons. The van der Waals surface area contributed by atoms with Gasteiger partial charge >= 0.3 is 0 Å². The Morgan fingerprint density at radius 3 is 2.59 bits per heavy atom. The highest BCUT2D eigenvalue weighted by Crippen LogP contribution is 2.48. The topological polar surface area (TPSA) is 86.3 Å². The molecule has 0 bridgehead atoms. The van der Waals surface area contributed by atoms with Crippen LogP contribution in [0.1, 0.15) is 35.3 Å². The molecule has 2 aliphatic rings. The molecule has 2 N–H and O–H groups in total. The fourth-order valence-electron chi connectivity index (χ4n) is 5.20. The minimum absolute atomic E-state index is 0.00312. The average molecular weight is 389 g/mol. The first kappa shape index (κ1) is 18.1. The van der Waals surface area contributed by atoms with Crippen LogP contribution < -0.4 is 5.56 Å². The van der Waals surface area contributed by atoms with Crippen molar-refractivity contribution in [2.75, 3.05) is 13.1 Å². The predicted octanol–water partition coefficient (Wildman–Crippen LogP) is 2.68. The number of H-pyrrole nitrogens is 1. The summed E-state index contributed by atoms with van der Waals surface area (Å²) in [4.78, 5) is 27.2. The van der Waals surface area contributed by atoms with Gasteiger partial charge in [-0.1, -0.05) is 48.5 Å². The van der Waals surface area contributed by atoms with Crippen LogP contribution in [0.4, 0.5) is 0 Å². The SMILES string of the molecule is O=C(c1n[nH]c(=O)c2ccccc12)N1C[C@@H]2CCC[C@@](O)(c3ccccc3)[C@@H]2C1. The van der Waals surface area contributed by atoms with E-state index in [0.717, 1.165) is 18.4 Å². The maximum atomic E-state index is 13.3. The summed E-state index contributed by atoms with van der Waals surface area (Å²) in [5.41, 5.74) is -0.0240. The lowest BCUT2D eigenvalue weighted by molar-refractivity contribution is -0.0644. The highest BCUT2D eigenvalue weighted by atomic mass is 16.3. The van der Waals surface area contributed by atoms with Crippen LogP contribution in [0.15, 0.2) is 59.4 Å². The Labute approximate surface area is 168 Å². The molecule has 0 radical (unpaired) electrons. The van der Waals surface area contributed by atoms with E-state index in [1.54, 1.807) is 29.2 Å². The lowest BCUT2D eigenvalue weighted by Crippen LogP contribution is -2.43. The molecule has 1 aliphatic carbocycles. The smallest absolute Gasteiger partial charge is 0.274 e. The quantitative estimate of drug-likeness (QED) is 0.706.